The normalized spacial score (nSPS) is 11.8. The van der Waals surface area contributed by atoms with Crippen LogP contribution in [0.1, 0.15) is 22.9 Å². The molecule has 1 N–H and O–H groups in total. The summed E-state index contributed by atoms with van der Waals surface area (Å²) in [6.45, 7) is 1.72. The second-order valence-corrected chi connectivity index (χ2v) is 7.92. The van der Waals surface area contributed by atoms with E-state index < -0.39 is 22.9 Å². The Hall–Kier alpha value is -4.05. The van der Waals surface area contributed by atoms with E-state index >= 15 is 0 Å². The van der Waals surface area contributed by atoms with Gasteiger partial charge in [0.25, 0.3) is 11.6 Å². The molecule has 0 aliphatic rings. The van der Waals surface area contributed by atoms with Gasteiger partial charge in [-0.15, -0.1) is 11.3 Å². The van der Waals surface area contributed by atoms with Crippen molar-refractivity contribution in [3.63, 3.8) is 0 Å². The Balaban J connectivity index is 1.55. The molecule has 0 aliphatic heterocycles. The lowest BCUT2D eigenvalue weighted by molar-refractivity contribution is -0.384. The third kappa shape index (κ3) is 4.65. The number of imidazole rings is 1. The number of nitro groups is 1. The third-order valence-corrected chi connectivity index (χ3v) is 5.44. The molecule has 0 aliphatic carbocycles. The standard InChI is InChI=1S/C22H18N4O5S/c1-14-7-8-17(18(11-14)26(29)30)24-21(28)20(15-5-3-2-4-6-15)31-19(27)12-16-13-25-9-10-32-22(25)23-16/h2-11,13,20H,12H2,1H3,(H,24,28)/t20-/m1/s1. The summed E-state index contributed by atoms with van der Waals surface area (Å²) in [6.07, 6.45) is 2.15. The Morgan fingerprint density at radius 1 is 1.25 bits per heavy atom. The van der Waals surface area contributed by atoms with Crippen LogP contribution < -0.4 is 5.32 Å². The van der Waals surface area contributed by atoms with Gasteiger partial charge in [0.15, 0.2) is 4.96 Å². The van der Waals surface area contributed by atoms with Gasteiger partial charge in [0.2, 0.25) is 6.10 Å². The Morgan fingerprint density at radius 2 is 2.03 bits per heavy atom. The molecule has 1 atom stereocenters. The summed E-state index contributed by atoms with van der Waals surface area (Å²) in [5, 5.41) is 15.8. The predicted molar refractivity (Wildman–Crippen MR) is 119 cm³/mol. The fourth-order valence-electron chi connectivity index (χ4n) is 3.18. The number of nitrogens with one attached hydrogen (secondary N) is 1. The maximum atomic E-state index is 13.0. The van der Waals surface area contributed by atoms with Crippen LogP contribution in [0.2, 0.25) is 0 Å². The average Bonchev–Trinajstić information content (AvgIpc) is 3.35. The number of amides is 1. The minimum absolute atomic E-state index is 0.0249. The number of nitro benzene ring substituents is 1. The summed E-state index contributed by atoms with van der Waals surface area (Å²) in [6, 6.07) is 12.9. The fourth-order valence-corrected chi connectivity index (χ4v) is 3.90. The molecule has 2 heterocycles. The first-order valence-corrected chi connectivity index (χ1v) is 10.5. The van der Waals surface area contributed by atoms with Gasteiger partial charge >= 0.3 is 5.97 Å². The number of thiazole rings is 1. The summed E-state index contributed by atoms with van der Waals surface area (Å²) in [7, 11) is 0. The van der Waals surface area contributed by atoms with E-state index in [-0.39, 0.29) is 17.8 Å². The first-order chi connectivity index (χ1) is 15.4. The van der Waals surface area contributed by atoms with Crippen molar-refractivity contribution < 1.29 is 19.2 Å². The number of esters is 1. The van der Waals surface area contributed by atoms with Crippen LogP contribution in [-0.2, 0) is 20.7 Å². The van der Waals surface area contributed by atoms with Gasteiger partial charge < -0.3 is 10.1 Å². The highest BCUT2D eigenvalue weighted by molar-refractivity contribution is 7.15. The Labute approximate surface area is 186 Å². The van der Waals surface area contributed by atoms with Crippen LogP contribution in [0.15, 0.2) is 66.3 Å². The second kappa shape index (κ2) is 8.98. The lowest BCUT2D eigenvalue weighted by atomic mass is 10.1. The van der Waals surface area contributed by atoms with Crippen molar-refractivity contribution in [3.05, 3.63) is 93.2 Å². The molecule has 0 spiro atoms. The molecule has 162 valence electrons. The number of benzene rings is 2. The van der Waals surface area contributed by atoms with Crippen molar-refractivity contribution in [2.24, 2.45) is 0 Å². The van der Waals surface area contributed by atoms with Gasteiger partial charge in [-0.3, -0.25) is 24.1 Å². The molecule has 0 unspecified atom stereocenters. The zero-order valence-corrected chi connectivity index (χ0v) is 17.7. The smallest absolute Gasteiger partial charge is 0.313 e. The number of hydrogen-bond donors (Lipinski definition) is 1. The number of carbonyl (C=O) groups excluding carboxylic acids is 2. The summed E-state index contributed by atoms with van der Waals surface area (Å²) in [4.78, 5) is 41.6. The summed E-state index contributed by atoms with van der Waals surface area (Å²) in [5.74, 6) is -1.33. The highest BCUT2D eigenvalue weighted by Gasteiger charge is 2.27. The lowest BCUT2D eigenvalue weighted by Crippen LogP contribution is -2.26. The molecule has 2 aromatic carbocycles. The maximum Gasteiger partial charge on any atom is 0.313 e. The Morgan fingerprint density at radius 3 is 2.75 bits per heavy atom. The molecule has 0 radical (unpaired) electrons. The molecule has 2 aromatic heterocycles. The van der Waals surface area contributed by atoms with Crippen LogP contribution in [0.5, 0.6) is 0 Å². The number of rotatable bonds is 7. The largest absolute Gasteiger partial charge is 0.447 e. The van der Waals surface area contributed by atoms with Crippen LogP contribution in [0.3, 0.4) is 0 Å². The van der Waals surface area contributed by atoms with Crippen LogP contribution in [-0.4, -0.2) is 26.2 Å². The lowest BCUT2D eigenvalue weighted by Gasteiger charge is -2.18. The average molecular weight is 450 g/mol. The Bertz CT molecular complexity index is 1270. The minimum Gasteiger partial charge on any atom is -0.447 e. The first kappa shape index (κ1) is 21.2. The number of nitrogens with zero attached hydrogens (tertiary/aromatic N) is 3. The van der Waals surface area contributed by atoms with E-state index in [0.29, 0.717) is 16.8 Å². The number of aryl methyl sites for hydroxylation is 1. The van der Waals surface area contributed by atoms with Crippen molar-refractivity contribution in [2.75, 3.05) is 5.32 Å². The molecule has 0 saturated carbocycles. The minimum atomic E-state index is -1.28. The first-order valence-electron chi connectivity index (χ1n) is 9.62. The molecule has 0 saturated heterocycles. The van der Waals surface area contributed by atoms with Gasteiger partial charge in [-0.2, -0.15) is 0 Å². The summed E-state index contributed by atoms with van der Waals surface area (Å²) < 4.78 is 7.30. The van der Waals surface area contributed by atoms with Gasteiger partial charge in [0.1, 0.15) is 5.69 Å². The van der Waals surface area contributed by atoms with Crippen LogP contribution in [0, 0.1) is 17.0 Å². The van der Waals surface area contributed by atoms with E-state index in [9.17, 15) is 19.7 Å². The number of anilines is 1. The SMILES string of the molecule is Cc1ccc(NC(=O)[C@H](OC(=O)Cc2cn3ccsc3n2)c2ccccc2)c([N+](=O)[O-])c1. The van der Waals surface area contributed by atoms with Crippen molar-refractivity contribution in [1.82, 2.24) is 9.38 Å². The van der Waals surface area contributed by atoms with E-state index in [1.165, 1.54) is 23.5 Å². The molecule has 1 amide bonds. The number of ether oxygens (including phenoxy) is 1. The van der Waals surface area contributed by atoms with E-state index in [1.807, 2.05) is 11.6 Å². The van der Waals surface area contributed by atoms with Crippen molar-refractivity contribution in [3.8, 4) is 0 Å². The molecule has 0 bridgehead atoms. The van der Waals surface area contributed by atoms with Gasteiger partial charge in [0.05, 0.1) is 17.0 Å². The van der Waals surface area contributed by atoms with Gasteiger partial charge in [-0.1, -0.05) is 36.4 Å². The molecule has 10 heteroatoms. The van der Waals surface area contributed by atoms with Crippen molar-refractivity contribution in [2.45, 2.75) is 19.4 Å². The van der Waals surface area contributed by atoms with Crippen LogP contribution in [0.4, 0.5) is 11.4 Å². The van der Waals surface area contributed by atoms with E-state index in [1.54, 1.807) is 53.9 Å². The van der Waals surface area contributed by atoms with Crippen LogP contribution >= 0.6 is 11.3 Å². The summed E-state index contributed by atoms with van der Waals surface area (Å²) >= 11 is 1.44. The van der Waals surface area contributed by atoms with Crippen molar-refractivity contribution in [1.29, 1.82) is 0 Å². The zero-order valence-electron chi connectivity index (χ0n) is 16.9. The summed E-state index contributed by atoms with van der Waals surface area (Å²) in [5.41, 5.74) is 1.43. The molecule has 4 rings (SSSR count). The number of aromatic nitrogens is 2. The number of carbonyl (C=O) groups is 2. The molecule has 9 nitrogen and oxygen atoms in total. The number of hydrogen-bond acceptors (Lipinski definition) is 7. The Kier molecular flexibility index (Phi) is 5.95. The molecule has 4 aromatic rings. The highest BCUT2D eigenvalue weighted by Crippen LogP contribution is 2.28. The third-order valence-electron chi connectivity index (χ3n) is 4.67. The monoisotopic (exact) mass is 450 g/mol. The van der Waals surface area contributed by atoms with Crippen molar-refractivity contribution >= 4 is 39.5 Å². The molecule has 32 heavy (non-hydrogen) atoms. The van der Waals surface area contributed by atoms with Gasteiger partial charge in [-0.25, -0.2) is 4.98 Å². The fraction of sp³-hybridized carbons (Fsp3) is 0.136. The number of fused-ring (bicyclic) bond motifs is 1. The zero-order chi connectivity index (χ0) is 22.7. The second-order valence-electron chi connectivity index (χ2n) is 7.05. The molecular weight excluding hydrogens is 432 g/mol. The predicted octanol–water partition coefficient (Wildman–Crippen LogP) is 4.08. The quantitative estimate of drug-likeness (QED) is 0.258. The molecule has 0 fully saturated rings. The van der Waals surface area contributed by atoms with E-state index in [2.05, 4.69) is 10.3 Å². The highest BCUT2D eigenvalue weighted by atomic mass is 32.1. The molecular formula is C22H18N4O5S. The van der Waals surface area contributed by atoms with Gasteiger partial charge in [0, 0.05) is 29.4 Å². The van der Waals surface area contributed by atoms with E-state index in [4.69, 9.17) is 4.74 Å². The van der Waals surface area contributed by atoms with Crippen LogP contribution in [0.25, 0.3) is 4.96 Å². The maximum absolute atomic E-state index is 13.0. The topological polar surface area (TPSA) is 116 Å². The van der Waals surface area contributed by atoms with E-state index in [0.717, 1.165) is 4.96 Å². The van der Waals surface area contributed by atoms with Gasteiger partial charge in [-0.05, 0) is 18.6 Å².